The summed E-state index contributed by atoms with van der Waals surface area (Å²) in [5, 5.41) is 0. The molecule has 0 bridgehead atoms. The summed E-state index contributed by atoms with van der Waals surface area (Å²) in [5.41, 5.74) is 4.31. The molecule has 1 atom stereocenters. The number of rotatable bonds is 2. The van der Waals surface area contributed by atoms with Gasteiger partial charge in [-0.2, -0.15) is 0 Å². The highest BCUT2D eigenvalue weighted by Crippen LogP contribution is 2.43. The number of anilines is 1. The van der Waals surface area contributed by atoms with Crippen LogP contribution in [0.4, 0.5) is 5.69 Å². The van der Waals surface area contributed by atoms with Gasteiger partial charge in [-0.1, -0.05) is 37.3 Å². The lowest BCUT2D eigenvalue weighted by Gasteiger charge is -2.47. The van der Waals surface area contributed by atoms with Gasteiger partial charge in [0.25, 0.3) is 0 Å². The van der Waals surface area contributed by atoms with Crippen molar-refractivity contribution in [2.24, 2.45) is 0 Å². The smallest absolute Gasteiger partial charge is 0.0408 e. The minimum atomic E-state index is 0.215. The maximum Gasteiger partial charge on any atom is 0.0408 e. The summed E-state index contributed by atoms with van der Waals surface area (Å²) in [6, 6.07) is 8.79. The van der Waals surface area contributed by atoms with Gasteiger partial charge < -0.3 is 4.90 Å². The molecule has 1 heteroatoms. The third-order valence-corrected chi connectivity index (χ3v) is 3.72. The average Bonchev–Trinajstić information content (AvgIpc) is 2.23. The van der Waals surface area contributed by atoms with Crippen LogP contribution in [0.1, 0.15) is 45.6 Å². The van der Waals surface area contributed by atoms with Crippen molar-refractivity contribution in [1.29, 1.82) is 0 Å². The molecule has 92 valence electrons. The molecular weight excluding hydrogens is 206 g/mol. The van der Waals surface area contributed by atoms with E-state index in [0.717, 1.165) is 6.54 Å². The Hall–Kier alpha value is -1.24. The van der Waals surface area contributed by atoms with Crippen molar-refractivity contribution in [3.05, 3.63) is 42.0 Å². The molecule has 1 aliphatic heterocycles. The van der Waals surface area contributed by atoms with Crippen molar-refractivity contribution in [3.63, 3.8) is 0 Å². The number of benzene rings is 1. The Kier molecular flexibility index (Phi) is 3.03. The summed E-state index contributed by atoms with van der Waals surface area (Å²) in [5.74, 6) is 0.641. The summed E-state index contributed by atoms with van der Waals surface area (Å²) in [6.45, 7) is 14.1. The van der Waals surface area contributed by atoms with Crippen LogP contribution in [0.5, 0.6) is 0 Å². The van der Waals surface area contributed by atoms with Gasteiger partial charge in [-0.25, -0.2) is 0 Å². The van der Waals surface area contributed by atoms with E-state index in [1.54, 1.807) is 0 Å². The molecule has 1 aromatic rings. The monoisotopic (exact) mass is 229 g/mol. The quantitative estimate of drug-likeness (QED) is 0.681. The maximum atomic E-state index is 4.07. The lowest BCUT2D eigenvalue weighted by Crippen LogP contribution is -2.49. The third kappa shape index (κ3) is 2.24. The third-order valence-electron chi connectivity index (χ3n) is 3.72. The van der Waals surface area contributed by atoms with Crippen molar-refractivity contribution >= 4 is 5.69 Å². The van der Waals surface area contributed by atoms with Crippen LogP contribution in [-0.2, 0) is 0 Å². The highest BCUT2D eigenvalue weighted by atomic mass is 15.2. The fourth-order valence-corrected chi connectivity index (χ4v) is 3.01. The fraction of sp³-hybridized carbons (Fsp3) is 0.500. The van der Waals surface area contributed by atoms with Crippen molar-refractivity contribution in [2.45, 2.75) is 45.6 Å². The topological polar surface area (TPSA) is 3.24 Å². The number of hydrogen-bond acceptors (Lipinski definition) is 1. The van der Waals surface area contributed by atoms with Gasteiger partial charge in [0.15, 0.2) is 0 Å². The zero-order valence-corrected chi connectivity index (χ0v) is 11.5. The van der Waals surface area contributed by atoms with Crippen LogP contribution in [0.3, 0.4) is 0 Å². The van der Waals surface area contributed by atoms with Crippen molar-refractivity contribution < 1.29 is 0 Å². The predicted molar refractivity (Wildman–Crippen MR) is 75.7 cm³/mol. The van der Waals surface area contributed by atoms with Gasteiger partial charge in [0.05, 0.1) is 0 Å². The Labute approximate surface area is 105 Å². The lowest BCUT2D eigenvalue weighted by atomic mass is 9.80. The molecule has 0 fully saturated rings. The van der Waals surface area contributed by atoms with E-state index in [-0.39, 0.29) is 5.54 Å². The van der Waals surface area contributed by atoms with E-state index in [2.05, 4.69) is 63.4 Å². The molecule has 1 heterocycles. The second kappa shape index (κ2) is 4.21. The highest BCUT2D eigenvalue weighted by molar-refractivity contribution is 5.60. The van der Waals surface area contributed by atoms with Crippen LogP contribution >= 0.6 is 0 Å². The summed E-state index contributed by atoms with van der Waals surface area (Å²) in [7, 11) is 0. The Morgan fingerprint density at radius 3 is 2.71 bits per heavy atom. The molecule has 0 aromatic heterocycles. The van der Waals surface area contributed by atoms with E-state index < -0.39 is 0 Å². The number of hydrogen-bond donors (Lipinski definition) is 0. The molecular formula is C16H23N. The molecule has 1 nitrogen and oxygen atoms in total. The molecule has 1 aromatic carbocycles. The van der Waals surface area contributed by atoms with E-state index in [1.807, 2.05) is 0 Å². The molecule has 0 aliphatic carbocycles. The molecule has 17 heavy (non-hydrogen) atoms. The first-order valence-electron chi connectivity index (χ1n) is 6.43. The van der Waals surface area contributed by atoms with Gasteiger partial charge in [0.1, 0.15) is 0 Å². The van der Waals surface area contributed by atoms with E-state index in [0.29, 0.717) is 5.92 Å². The Morgan fingerprint density at radius 1 is 1.41 bits per heavy atom. The zero-order valence-electron chi connectivity index (χ0n) is 11.5. The second-order valence-electron chi connectivity index (χ2n) is 6.02. The van der Waals surface area contributed by atoms with Gasteiger partial charge >= 0.3 is 0 Å². The molecule has 0 radical (unpaired) electrons. The van der Waals surface area contributed by atoms with Crippen molar-refractivity contribution in [1.82, 2.24) is 0 Å². The van der Waals surface area contributed by atoms with Gasteiger partial charge in [-0.15, -0.1) is 0 Å². The number of nitrogens with zero attached hydrogens (tertiary/aromatic N) is 1. The van der Waals surface area contributed by atoms with E-state index in [9.17, 15) is 0 Å². The first kappa shape index (κ1) is 12.2. The normalized spacial score (nSPS) is 22.1. The summed E-state index contributed by atoms with van der Waals surface area (Å²) >= 11 is 0. The zero-order chi connectivity index (χ0) is 12.6. The van der Waals surface area contributed by atoms with Gasteiger partial charge in [0.2, 0.25) is 0 Å². The maximum absolute atomic E-state index is 4.07. The van der Waals surface area contributed by atoms with Crippen LogP contribution in [0.25, 0.3) is 0 Å². The standard InChI is InChI=1S/C16H23N/c1-12(2)11-17-15-9-7-6-8-14(15)13(3)10-16(17,4)5/h6-9,13H,1,10-11H2,2-5H3. The van der Waals surface area contributed by atoms with Gasteiger partial charge in [-0.05, 0) is 44.7 Å². The second-order valence-corrected chi connectivity index (χ2v) is 6.02. The predicted octanol–water partition coefficient (Wildman–Crippen LogP) is 4.35. The number of fused-ring (bicyclic) bond motifs is 1. The lowest BCUT2D eigenvalue weighted by molar-refractivity contribution is 0.384. The largest absolute Gasteiger partial charge is 0.362 e. The Morgan fingerprint density at radius 2 is 2.06 bits per heavy atom. The van der Waals surface area contributed by atoms with Crippen LogP contribution < -0.4 is 4.90 Å². The molecule has 2 rings (SSSR count). The van der Waals surface area contributed by atoms with Crippen molar-refractivity contribution in [2.75, 3.05) is 11.4 Å². The molecule has 0 amide bonds. The molecule has 1 unspecified atom stereocenters. The molecule has 0 N–H and O–H groups in total. The fourth-order valence-electron chi connectivity index (χ4n) is 3.01. The molecule has 0 saturated heterocycles. The minimum absolute atomic E-state index is 0.215. The Bertz CT molecular complexity index is 431. The molecule has 0 spiro atoms. The van der Waals surface area contributed by atoms with Gasteiger partial charge in [-0.3, -0.25) is 0 Å². The molecule has 0 saturated carbocycles. The van der Waals surface area contributed by atoms with E-state index >= 15 is 0 Å². The van der Waals surface area contributed by atoms with Crippen LogP contribution in [0.2, 0.25) is 0 Å². The highest BCUT2D eigenvalue weighted by Gasteiger charge is 2.35. The van der Waals surface area contributed by atoms with Crippen molar-refractivity contribution in [3.8, 4) is 0 Å². The minimum Gasteiger partial charge on any atom is -0.362 e. The Balaban J connectivity index is 2.47. The SMILES string of the molecule is C=C(C)CN1c2ccccc2C(C)CC1(C)C. The average molecular weight is 229 g/mol. The molecule has 1 aliphatic rings. The van der Waals surface area contributed by atoms with Crippen LogP contribution in [0, 0.1) is 0 Å². The summed E-state index contributed by atoms with van der Waals surface area (Å²) < 4.78 is 0. The first-order chi connectivity index (χ1) is 7.92. The summed E-state index contributed by atoms with van der Waals surface area (Å²) in [4.78, 5) is 2.50. The van der Waals surface area contributed by atoms with Gasteiger partial charge in [0, 0.05) is 17.8 Å². The van der Waals surface area contributed by atoms with E-state index in [4.69, 9.17) is 0 Å². The van der Waals surface area contributed by atoms with Crippen LogP contribution in [-0.4, -0.2) is 12.1 Å². The summed E-state index contributed by atoms with van der Waals surface area (Å²) in [6.07, 6.45) is 1.21. The first-order valence-corrected chi connectivity index (χ1v) is 6.43. The van der Waals surface area contributed by atoms with Crippen LogP contribution in [0.15, 0.2) is 36.4 Å². The number of para-hydroxylation sites is 1. The van der Waals surface area contributed by atoms with E-state index in [1.165, 1.54) is 23.2 Å².